The number of halogens is 3. The van der Waals surface area contributed by atoms with Gasteiger partial charge in [-0.15, -0.1) is 0 Å². The van der Waals surface area contributed by atoms with Crippen LogP contribution in [0.25, 0.3) is 0 Å². The fraction of sp³-hybridized carbons (Fsp3) is 0.375. The maximum Gasteiger partial charge on any atom is 0.416 e. The Balaban J connectivity index is 1.72. The third-order valence-corrected chi connectivity index (χ3v) is 8.70. The van der Waals surface area contributed by atoms with Crippen molar-refractivity contribution in [1.82, 2.24) is 10.2 Å². The van der Waals surface area contributed by atoms with Gasteiger partial charge in [0.05, 0.1) is 17.5 Å². The molecule has 11 heteroatoms. The van der Waals surface area contributed by atoms with Crippen molar-refractivity contribution >= 4 is 27.5 Å². The zero-order valence-electron chi connectivity index (χ0n) is 24.0. The lowest BCUT2D eigenvalue weighted by Gasteiger charge is -2.35. The summed E-state index contributed by atoms with van der Waals surface area (Å²) in [5, 5.41) is 3.11. The number of amides is 2. The molecule has 1 fully saturated rings. The van der Waals surface area contributed by atoms with E-state index < -0.39 is 40.3 Å². The van der Waals surface area contributed by atoms with Gasteiger partial charge < -0.3 is 10.2 Å². The van der Waals surface area contributed by atoms with Gasteiger partial charge in [0.25, 0.3) is 0 Å². The van der Waals surface area contributed by atoms with E-state index in [0.717, 1.165) is 56.1 Å². The van der Waals surface area contributed by atoms with Gasteiger partial charge in [-0.2, -0.15) is 13.2 Å². The Morgan fingerprint density at radius 3 is 2.07 bits per heavy atom. The zero-order valence-corrected chi connectivity index (χ0v) is 24.8. The number of anilines is 1. The minimum atomic E-state index is -4.71. The molecule has 1 N–H and O–H groups in total. The van der Waals surface area contributed by atoms with Crippen LogP contribution in [-0.2, 0) is 38.8 Å². The van der Waals surface area contributed by atoms with Gasteiger partial charge in [-0.1, -0.05) is 86.0 Å². The number of hydrogen-bond donors (Lipinski definition) is 1. The Morgan fingerprint density at radius 2 is 1.49 bits per heavy atom. The second kappa shape index (κ2) is 14.1. The number of carbonyl (C=O) groups is 2. The number of rotatable bonds is 11. The fourth-order valence-electron chi connectivity index (χ4n) is 5.33. The molecule has 0 bridgehead atoms. The van der Waals surface area contributed by atoms with Crippen molar-refractivity contribution < 1.29 is 31.2 Å². The lowest BCUT2D eigenvalue weighted by molar-refractivity contribution is -0.140. The van der Waals surface area contributed by atoms with E-state index in [1.165, 1.54) is 11.0 Å². The Labute approximate surface area is 250 Å². The van der Waals surface area contributed by atoms with Crippen molar-refractivity contribution in [3.05, 3.63) is 102 Å². The highest BCUT2D eigenvalue weighted by Crippen LogP contribution is 2.32. The maximum atomic E-state index is 14.1. The average molecular weight is 616 g/mol. The molecule has 0 saturated heterocycles. The van der Waals surface area contributed by atoms with Crippen LogP contribution in [0.3, 0.4) is 0 Å². The fourth-order valence-corrected chi connectivity index (χ4v) is 6.17. The average Bonchev–Trinajstić information content (AvgIpc) is 2.98. The third-order valence-electron chi connectivity index (χ3n) is 7.56. The van der Waals surface area contributed by atoms with E-state index in [2.05, 4.69) is 5.32 Å². The summed E-state index contributed by atoms with van der Waals surface area (Å²) in [4.78, 5) is 29.3. The molecule has 1 unspecified atom stereocenters. The van der Waals surface area contributed by atoms with Crippen molar-refractivity contribution in [3.8, 4) is 0 Å². The normalized spacial score (nSPS) is 15.0. The van der Waals surface area contributed by atoms with Crippen LogP contribution < -0.4 is 9.62 Å². The van der Waals surface area contributed by atoms with Crippen molar-refractivity contribution in [1.29, 1.82) is 0 Å². The molecule has 0 radical (unpaired) electrons. The van der Waals surface area contributed by atoms with Gasteiger partial charge in [-0.05, 0) is 42.2 Å². The van der Waals surface area contributed by atoms with E-state index in [0.29, 0.717) is 15.9 Å². The summed E-state index contributed by atoms with van der Waals surface area (Å²) in [5.74, 6) is -1.07. The Kier molecular flexibility index (Phi) is 10.5. The predicted octanol–water partition coefficient (Wildman–Crippen LogP) is 5.56. The standard InChI is InChI=1S/C32H36F3N3O4S/c1-43(41,42)38(28-19-11-16-26(21-28)32(33,34)35)23-30(39)37(22-25-14-7-3-8-15-25)29(20-24-12-5-2-6-13-24)31(40)36-27-17-9-4-10-18-27/h2-3,5-8,11-16,19,21,27,29H,4,9-10,17-18,20,22-23H2,1H3,(H,36,40). The van der Waals surface area contributed by atoms with Gasteiger partial charge in [-0.25, -0.2) is 8.42 Å². The molecule has 3 aromatic carbocycles. The summed E-state index contributed by atoms with van der Waals surface area (Å²) in [6.45, 7) is -0.787. The number of nitrogens with one attached hydrogen (secondary N) is 1. The molecule has 1 saturated carbocycles. The van der Waals surface area contributed by atoms with Crippen molar-refractivity contribution in [3.63, 3.8) is 0 Å². The van der Waals surface area contributed by atoms with Gasteiger partial charge >= 0.3 is 6.18 Å². The molecule has 230 valence electrons. The van der Waals surface area contributed by atoms with E-state index in [1.54, 1.807) is 24.3 Å². The second-order valence-corrected chi connectivity index (χ2v) is 12.8. The van der Waals surface area contributed by atoms with Crippen molar-refractivity contribution in [2.45, 2.75) is 63.3 Å². The van der Waals surface area contributed by atoms with Crippen LogP contribution in [0, 0.1) is 0 Å². The minimum absolute atomic E-state index is 0.00451. The largest absolute Gasteiger partial charge is 0.416 e. The SMILES string of the molecule is CS(=O)(=O)N(CC(=O)N(Cc1ccccc1)C(Cc1ccccc1)C(=O)NC1CCCCC1)c1cccc(C(F)(F)F)c1. The van der Waals surface area contributed by atoms with Crippen LogP contribution >= 0.6 is 0 Å². The lowest BCUT2D eigenvalue weighted by atomic mass is 9.94. The topological polar surface area (TPSA) is 86.8 Å². The second-order valence-electron chi connectivity index (χ2n) is 10.9. The number of benzene rings is 3. The van der Waals surface area contributed by atoms with Crippen LogP contribution in [0.2, 0.25) is 0 Å². The quantitative estimate of drug-likeness (QED) is 0.306. The number of sulfonamides is 1. The third kappa shape index (κ3) is 9.06. The first-order chi connectivity index (χ1) is 20.4. The monoisotopic (exact) mass is 615 g/mol. The molecule has 3 aromatic rings. The van der Waals surface area contributed by atoms with E-state index in [-0.39, 0.29) is 30.6 Å². The van der Waals surface area contributed by atoms with E-state index >= 15 is 0 Å². The van der Waals surface area contributed by atoms with Gasteiger partial charge in [0.15, 0.2) is 0 Å². The highest BCUT2D eigenvalue weighted by molar-refractivity contribution is 7.92. The molecule has 4 rings (SSSR count). The molecule has 1 aliphatic rings. The van der Waals surface area contributed by atoms with E-state index in [9.17, 15) is 31.2 Å². The van der Waals surface area contributed by atoms with Crippen LogP contribution in [0.5, 0.6) is 0 Å². The molecule has 1 atom stereocenters. The maximum absolute atomic E-state index is 14.1. The molecule has 2 amide bonds. The Bertz CT molecular complexity index is 1480. The summed E-state index contributed by atoms with van der Waals surface area (Å²) in [6.07, 6.45) is 1.01. The van der Waals surface area contributed by atoms with Gasteiger partial charge in [-0.3, -0.25) is 13.9 Å². The molecule has 0 spiro atoms. The van der Waals surface area contributed by atoms with E-state index in [4.69, 9.17) is 0 Å². The van der Waals surface area contributed by atoms with Crippen molar-refractivity contribution in [2.75, 3.05) is 17.1 Å². The first-order valence-corrected chi connectivity index (χ1v) is 16.1. The van der Waals surface area contributed by atoms with Gasteiger partial charge in [0.2, 0.25) is 21.8 Å². The van der Waals surface area contributed by atoms with Crippen molar-refractivity contribution in [2.24, 2.45) is 0 Å². The predicted molar refractivity (Wildman–Crippen MR) is 160 cm³/mol. The van der Waals surface area contributed by atoms with Crippen LogP contribution in [0.4, 0.5) is 18.9 Å². The van der Waals surface area contributed by atoms with Crippen LogP contribution in [0.15, 0.2) is 84.9 Å². The highest BCUT2D eigenvalue weighted by atomic mass is 32.2. The Hall–Kier alpha value is -3.86. The number of nitrogens with zero attached hydrogens (tertiary/aromatic N) is 2. The summed E-state index contributed by atoms with van der Waals surface area (Å²) >= 11 is 0. The summed E-state index contributed by atoms with van der Waals surface area (Å²) in [7, 11) is -4.19. The highest BCUT2D eigenvalue weighted by Gasteiger charge is 2.35. The first kappa shape index (κ1) is 32.1. The summed E-state index contributed by atoms with van der Waals surface area (Å²) < 4.78 is 66.8. The molecular formula is C32H36F3N3O4S. The summed E-state index contributed by atoms with van der Waals surface area (Å²) in [6, 6.07) is 21.0. The molecular weight excluding hydrogens is 579 g/mol. The van der Waals surface area contributed by atoms with Crippen LogP contribution in [-0.4, -0.2) is 50.0 Å². The lowest BCUT2D eigenvalue weighted by Crippen LogP contribution is -2.55. The number of hydrogen-bond acceptors (Lipinski definition) is 4. The van der Waals surface area contributed by atoms with Gasteiger partial charge in [0.1, 0.15) is 12.6 Å². The van der Waals surface area contributed by atoms with Crippen LogP contribution in [0.1, 0.15) is 48.8 Å². The molecule has 7 nitrogen and oxygen atoms in total. The first-order valence-electron chi connectivity index (χ1n) is 14.2. The molecule has 43 heavy (non-hydrogen) atoms. The van der Waals surface area contributed by atoms with E-state index in [1.807, 2.05) is 36.4 Å². The Morgan fingerprint density at radius 1 is 0.884 bits per heavy atom. The van der Waals surface area contributed by atoms with Gasteiger partial charge in [0, 0.05) is 19.0 Å². The molecule has 1 aliphatic carbocycles. The number of alkyl halides is 3. The zero-order chi connectivity index (χ0) is 31.0. The number of carbonyl (C=O) groups excluding carboxylic acids is 2. The molecule has 0 aromatic heterocycles. The minimum Gasteiger partial charge on any atom is -0.352 e. The molecule has 0 aliphatic heterocycles. The smallest absolute Gasteiger partial charge is 0.352 e. The summed E-state index contributed by atoms with van der Waals surface area (Å²) in [5.41, 5.74) is 0.178. The molecule has 0 heterocycles.